The average molecular weight is 289 g/mol. The number of hydrogen-bond acceptors (Lipinski definition) is 4. The maximum Gasteiger partial charge on any atom is 0.185 e. The van der Waals surface area contributed by atoms with E-state index in [-0.39, 0.29) is 11.2 Å². The van der Waals surface area contributed by atoms with Crippen LogP contribution in [0.2, 0.25) is 0 Å². The van der Waals surface area contributed by atoms with Crippen LogP contribution in [0.1, 0.15) is 39.0 Å². The Morgan fingerprint density at radius 3 is 2.81 bits per heavy atom. The van der Waals surface area contributed by atoms with Crippen molar-refractivity contribution in [1.82, 2.24) is 20.2 Å². The zero-order chi connectivity index (χ0) is 14.9. The molecule has 0 amide bonds. The monoisotopic (exact) mass is 289 g/mol. The van der Waals surface area contributed by atoms with E-state index in [1.165, 1.54) is 37.8 Å². The van der Waals surface area contributed by atoms with Crippen LogP contribution in [0.15, 0.2) is 18.2 Å². The van der Waals surface area contributed by atoms with Gasteiger partial charge in [0.15, 0.2) is 5.82 Å². The second-order valence-electron chi connectivity index (χ2n) is 5.96. The van der Waals surface area contributed by atoms with E-state index in [1.807, 2.05) is 0 Å². The molecule has 0 spiro atoms. The molecule has 21 heavy (non-hydrogen) atoms. The van der Waals surface area contributed by atoms with E-state index in [1.54, 1.807) is 10.7 Å². The van der Waals surface area contributed by atoms with E-state index >= 15 is 0 Å². The maximum absolute atomic E-state index is 14.0. The van der Waals surface area contributed by atoms with E-state index in [9.17, 15) is 4.39 Å². The van der Waals surface area contributed by atoms with Gasteiger partial charge in [0.25, 0.3) is 0 Å². The number of hydrogen-bond donors (Lipinski definition) is 1. The summed E-state index contributed by atoms with van der Waals surface area (Å²) in [4.78, 5) is 0. The molecular formula is C15H20FN5. The number of aromatic nitrogens is 4. The van der Waals surface area contributed by atoms with E-state index < -0.39 is 0 Å². The van der Waals surface area contributed by atoms with Crippen LogP contribution in [-0.2, 0) is 6.54 Å². The van der Waals surface area contributed by atoms with Crippen LogP contribution >= 0.6 is 0 Å². The second-order valence-corrected chi connectivity index (χ2v) is 5.96. The summed E-state index contributed by atoms with van der Waals surface area (Å²) >= 11 is 0. The van der Waals surface area contributed by atoms with E-state index in [4.69, 9.17) is 5.73 Å². The molecule has 2 aromatic rings. The molecule has 0 aliphatic heterocycles. The van der Waals surface area contributed by atoms with Crippen molar-refractivity contribution >= 4 is 5.69 Å². The largest absolute Gasteiger partial charge is 0.399 e. The molecule has 5 nitrogen and oxygen atoms in total. The van der Waals surface area contributed by atoms with Crippen molar-refractivity contribution in [1.29, 1.82) is 0 Å². The van der Waals surface area contributed by atoms with Crippen LogP contribution < -0.4 is 5.73 Å². The smallest absolute Gasteiger partial charge is 0.185 e. The standard InChI is InChI=1S/C15H20FN5/c1-2-15(7-3-4-8-15)10-21-14(18-19-20-21)12-9-11(17)5-6-13(12)16/h5-6,9H,2-4,7-8,10,17H2,1H3. The summed E-state index contributed by atoms with van der Waals surface area (Å²) in [5.41, 5.74) is 6.86. The molecule has 1 aromatic carbocycles. The first kappa shape index (κ1) is 14.0. The molecule has 0 unspecified atom stereocenters. The highest BCUT2D eigenvalue weighted by molar-refractivity contribution is 5.61. The third kappa shape index (κ3) is 2.62. The topological polar surface area (TPSA) is 69.6 Å². The zero-order valence-electron chi connectivity index (χ0n) is 12.2. The molecule has 1 aliphatic rings. The lowest BCUT2D eigenvalue weighted by Gasteiger charge is -2.27. The number of halogens is 1. The molecule has 112 valence electrons. The van der Waals surface area contributed by atoms with E-state index in [2.05, 4.69) is 22.4 Å². The SMILES string of the molecule is CCC1(Cn2nnnc2-c2cc(N)ccc2F)CCCC1. The minimum atomic E-state index is -0.350. The first-order valence-electron chi connectivity index (χ1n) is 7.45. The predicted octanol–water partition coefficient (Wildman–Crippen LogP) is 3.03. The minimum absolute atomic E-state index is 0.237. The molecule has 0 radical (unpaired) electrons. The van der Waals surface area contributed by atoms with Gasteiger partial charge < -0.3 is 5.73 Å². The van der Waals surface area contributed by atoms with Crippen molar-refractivity contribution in [3.63, 3.8) is 0 Å². The van der Waals surface area contributed by atoms with Crippen molar-refractivity contribution in [2.45, 2.75) is 45.6 Å². The number of tetrazole rings is 1. The molecule has 1 heterocycles. The van der Waals surface area contributed by atoms with Crippen molar-refractivity contribution in [3.05, 3.63) is 24.0 Å². The van der Waals surface area contributed by atoms with Gasteiger partial charge in [0.05, 0.1) is 12.1 Å². The van der Waals surface area contributed by atoms with Gasteiger partial charge in [-0.2, -0.15) is 0 Å². The molecular weight excluding hydrogens is 269 g/mol. The highest BCUT2D eigenvalue weighted by Crippen LogP contribution is 2.42. The Hall–Kier alpha value is -1.98. The molecule has 6 heteroatoms. The van der Waals surface area contributed by atoms with Crippen molar-refractivity contribution in [3.8, 4) is 11.4 Å². The van der Waals surface area contributed by atoms with Gasteiger partial charge in [-0.05, 0) is 53.3 Å². The molecule has 0 atom stereocenters. The fraction of sp³-hybridized carbons (Fsp3) is 0.533. The summed E-state index contributed by atoms with van der Waals surface area (Å²) in [6.07, 6.45) is 5.95. The second kappa shape index (κ2) is 5.42. The fourth-order valence-corrected chi connectivity index (χ4v) is 3.28. The molecule has 1 fully saturated rings. The summed E-state index contributed by atoms with van der Waals surface area (Å²) in [7, 11) is 0. The number of nitrogens with zero attached hydrogens (tertiary/aromatic N) is 4. The van der Waals surface area contributed by atoms with Crippen molar-refractivity contribution in [2.75, 3.05) is 5.73 Å². The average Bonchev–Trinajstić information content (AvgIpc) is 3.12. The lowest BCUT2D eigenvalue weighted by Crippen LogP contribution is -2.24. The van der Waals surface area contributed by atoms with Gasteiger partial charge in [-0.1, -0.05) is 19.8 Å². The van der Waals surface area contributed by atoms with Crippen LogP contribution in [0.25, 0.3) is 11.4 Å². The van der Waals surface area contributed by atoms with Gasteiger partial charge in [0, 0.05) is 5.69 Å². The van der Waals surface area contributed by atoms with Crippen LogP contribution in [-0.4, -0.2) is 20.2 Å². The molecule has 1 aromatic heterocycles. The van der Waals surface area contributed by atoms with Crippen LogP contribution in [0.5, 0.6) is 0 Å². The molecule has 2 N–H and O–H groups in total. The number of nitrogens with two attached hydrogens (primary N) is 1. The normalized spacial score (nSPS) is 17.2. The number of rotatable bonds is 4. The highest BCUT2D eigenvalue weighted by Gasteiger charge is 2.33. The van der Waals surface area contributed by atoms with Gasteiger partial charge in [-0.25, -0.2) is 9.07 Å². The summed E-state index contributed by atoms with van der Waals surface area (Å²) in [5, 5.41) is 11.8. The third-order valence-corrected chi connectivity index (χ3v) is 4.66. The Balaban J connectivity index is 1.96. The maximum atomic E-state index is 14.0. The Morgan fingerprint density at radius 1 is 1.33 bits per heavy atom. The Kier molecular flexibility index (Phi) is 3.61. The fourth-order valence-electron chi connectivity index (χ4n) is 3.28. The van der Waals surface area contributed by atoms with E-state index in [0.29, 0.717) is 17.1 Å². The summed E-state index contributed by atoms with van der Waals surface area (Å²) in [6.45, 7) is 2.94. The molecule has 1 saturated carbocycles. The molecule has 0 bridgehead atoms. The number of anilines is 1. The van der Waals surface area contributed by atoms with E-state index in [0.717, 1.165) is 13.0 Å². The quantitative estimate of drug-likeness (QED) is 0.878. The Labute approximate surface area is 123 Å². The number of benzene rings is 1. The zero-order valence-corrected chi connectivity index (χ0v) is 12.2. The summed E-state index contributed by atoms with van der Waals surface area (Å²) in [5.74, 6) is 0.108. The number of nitrogen functional groups attached to an aromatic ring is 1. The van der Waals surface area contributed by atoms with Crippen LogP contribution in [0, 0.1) is 11.2 Å². The van der Waals surface area contributed by atoms with Crippen molar-refractivity contribution in [2.24, 2.45) is 5.41 Å². The van der Waals surface area contributed by atoms with Crippen molar-refractivity contribution < 1.29 is 4.39 Å². The summed E-state index contributed by atoms with van der Waals surface area (Å²) in [6, 6.07) is 4.48. The Bertz CT molecular complexity index is 631. The van der Waals surface area contributed by atoms with Crippen LogP contribution in [0.4, 0.5) is 10.1 Å². The van der Waals surface area contributed by atoms with Gasteiger partial charge in [-0.3, -0.25) is 0 Å². The van der Waals surface area contributed by atoms with Gasteiger partial charge in [0.1, 0.15) is 5.82 Å². The van der Waals surface area contributed by atoms with Gasteiger partial charge in [0.2, 0.25) is 0 Å². The summed E-state index contributed by atoms with van der Waals surface area (Å²) < 4.78 is 15.8. The predicted molar refractivity (Wildman–Crippen MR) is 78.8 cm³/mol. The minimum Gasteiger partial charge on any atom is -0.399 e. The van der Waals surface area contributed by atoms with Gasteiger partial charge in [-0.15, -0.1) is 5.10 Å². The molecule has 1 aliphatic carbocycles. The molecule has 0 saturated heterocycles. The Morgan fingerprint density at radius 2 is 2.10 bits per heavy atom. The first-order valence-corrected chi connectivity index (χ1v) is 7.45. The third-order valence-electron chi connectivity index (χ3n) is 4.66. The highest BCUT2D eigenvalue weighted by atomic mass is 19.1. The lowest BCUT2D eigenvalue weighted by molar-refractivity contribution is 0.226. The lowest BCUT2D eigenvalue weighted by atomic mass is 9.83. The first-order chi connectivity index (χ1) is 10.1. The molecule has 3 rings (SSSR count). The van der Waals surface area contributed by atoms with Gasteiger partial charge >= 0.3 is 0 Å². The van der Waals surface area contributed by atoms with Crippen LogP contribution in [0.3, 0.4) is 0 Å².